The highest BCUT2D eigenvalue weighted by atomic mass is 16.6. The Kier molecular flexibility index (Phi) is 3.46. The fraction of sp³-hybridized carbons (Fsp3) is 0.308. The van der Waals surface area contributed by atoms with Crippen molar-refractivity contribution < 1.29 is 19.3 Å². The van der Waals surface area contributed by atoms with E-state index in [2.05, 4.69) is 5.32 Å². The van der Waals surface area contributed by atoms with Crippen molar-refractivity contribution in [2.24, 2.45) is 0 Å². The van der Waals surface area contributed by atoms with E-state index in [0.717, 1.165) is 6.07 Å². The van der Waals surface area contributed by atoms with Crippen LogP contribution in [0.25, 0.3) is 0 Å². The molecule has 0 spiro atoms. The molecule has 1 fully saturated rings. The monoisotopic (exact) mass is 291 g/mol. The number of carbonyl (C=O) groups excluding carboxylic acids is 3. The Bertz CT molecular complexity index is 653. The zero-order valence-electron chi connectivity index (χ0n) is 11.5. The molecular weight excluding hydrogens is 278 g/mol. The van der Waals surface area contributed by atoms with Crippen LogP contribution in [0.4, 0.5) is 11.4 Å². The van der Waals surface area contributed by atoms with E-state index in [4.69, 9.17) is 0 Å². The lowest BCUT2D eigenvalue weighted by Gasteiger charge is -2.42. The Morgan fingerprint density at radius 1 is 1.38 bits per heavy atom. The molecule has 0 saturated carbocycles. The summed E-state index contributed by atoms with van der Waals surface area (Å²) in [5.41, 5.74) is -0.919. The summed E-state index contributed by atoms with van der Waals surface area (Å²) in [4.78, 5) is 46.2. The van der Waals surface area contributed by atoms with Gasteiger partial charge in [0.15, 0.2) is 6.29 Å². The maximum atomic E-state index is 11.9. The van der Waals surface area contributed by atoms with Crippen molar-refractivity contribution in [3.63, 3.8) is 0 Å². The van der Waals surface area contributed by atoms with E-state index in [1.807, 2.05) is 0 Å². The smallest absolute Gasteiger partial charge is 0.270 e. The molecule has 0 unspecified atom stereocenters. The summed E-state index contributed by atoms with van der Waals surface area (Å²) in [6.45, 7) is 3.09. The van der Waals surface area contributed by atoms with Gasteiger partial charge in [0.25, 0.3) is 11.6 Å². The van der Waals surface area contributed by atoms with Gasteiger partial charge in [-0.05, 0) is 19.9 Å². The summed E-state index contributed by atoms with van der Waals surface area (Å²) in [6, 6.07) is 3.72. The Morgan fingerprint density at radius 2 is 2.05 bits per heavy atom. The third-order valence-corrected chi connectivity index (χ3v) is 3.42. The molecule has 1 aliphatic rings. The quantitative estimate of drug-likeness (QED) is 0.379. The maximum absolute atomic E-state index is 11.9. The number of hydrogen-bond donors (Lipinski definition) is 1. The number of aldehydes is 1. The standard InChI is InChI=1S/C13H13N3O5/c1-13(2)12(19)14-11(18)6-15(13)10-4-3-9(16(20)21)5-8(10)7-17/h3-5,7H,6H2,1-2H3,(H,14,18,19). The van der Waals surface area contributed by atoms with Crippen LogP contribution in [0.3, 0.4) is 0 Å². The van der Waals surface area contributed by atoms with Gasteiger partial charge in [0.2, 0.25) is 5.91 Å². The Balaban J connectivity index is 2.54. The first-order chi connectivity index (χ1) is 9.77. The minimum atomic E-state index is -1.05. The molecule has 1 saturated heterocycles. The van der Waals surface area contributed by atoms with Crippen molar-refractivity contribution >= 4 is 29.5 Å². The summed E-state index contributed by atoms with van der Waals surface area (Å²) in [7, 11) is 0. The fourth-order valence-electron chi connectivity index (χ4n) is 2.16. The minimum absolute atomic E-state index is 0.0553. The van der Waals surface area contributed by atoms with Gasteiger partial charge in [-0.3, -0.25) is 29.8 Å². The van der Waals surface area contributed by atoms with Gasteiger partial charge in [-0.25, -0.2) is 0 Å². The summed E-state index contributed by atoms with van der Waals surface area (Å²) in [6.07, 6.45) is 0.468. The van der Waals surface area contributed by atoms with Crippen molar-refractivity contribution in [2.75, 3.05) is 11.4 Å². The second-order valence-corrected chi connectivity index (χ2v) is 5.14. The van der Waals surface area contributed by atoms with Crippen LogP contribution in [-0.2, 0) is 9.59 Å². The number of piperazine rings is 1. The van der Waals surface area contributed by atoms with Gasteiger partial charge in [-0.1, -0.05) is 0 Å². The highest BCUT2D eigenvalue weighted by Gasteiger charge is 2.41. The van der Waals surface area contributed by atoms with Crippen LogP contribution in [0.15, 0.2) is 18.2 Å². The Morgan fingerprint density at radius 3 is 2.62 bits per heavy atom. The molecule has 0 aromatic heterocycles. The molecule has 0 radical (unpaired) electrons. The van der Waals surface area contributed by atoms with Gasteiger partial charge < -0.3 is 4.90 Å². The molecular formula is C13H13N3O5. The van der Waals surface area contributed by atoms with Gasteiger partial charge in [-0.2, -0.15) is 0 Å². The zero-order valence-corrected chi connectivity index (χ0v) is 11.5. The van der Waals surface area contributed by atoms with E-state index < -0.39 is 22.3 Å². The predicted octanol–water partition coefficient (Wildman–Crippen LogP) is 0.649. The molecule has 1 heterocycles. The lowest BCUT2D eigenvalue weighted by molar-refractivity contribution is -0.384. The highest BCUT2D eigenvalue weighted by molar-refractivity contribution is 6.07. The summed E-state index contributed by atoms with van der Waals surface area (Å²) in [5, 5.41) is 13.0. The number of anilines is 1. The molecule has 0 aliphatic carbocycles. The average Bonchev–Trinajstić information content (AvgIpc) is 2.42. The molecule has 1 aliphatic heterocycles. The lowest BCUT2D eigenvalue weighted by atomic mass is 9.96. The van der Waals surface area contributed by atoms with Gasteiger partial charge in [0, 0.05) is 23.4 Å². The number of nitrogens with zero attached hydrogens (tertiary/aromatic N) is 2. The van der Waals surface area contributed by atoms with E-state index in [9.17, 15) is 24.5 Å². The number of non-ortho nitro benzene ring substituents is 1. The number of nitrogens with one attached hydrogen (secondary N) is 1. The number of amides is 2. The molecule has 8 heteroatoms. The molecule has 0 atom stereocenters. The summed E-state index contributed by atoms with van der Waals surface area (Å²) >= 11 is 0. The van der Waals surface area contributed by atoms with Crippen molar-refractivity contribution in [3.8, 4) is 0 Å². The Labute approximate surface area is 119 Å². The van der Waals surface area contributed by atoms with Crippen LogP contribution in [0, 0.1) is 10.1 Å². The van der Waals surface area contributed by atoms with E-state index in [1.165, 1.54) is 17.0 Å². The molecule has 110 valence electrons. The lowest BCUT2D eigenvalue weighted by Crippen LogP contribution is -2.64. The highest BCUT2D eigenvalue weighted by Crippen LogP contribution is 2.31. The van der Waals surface area contributed by atoms with E-state index in [-0.39, 0.29) is 17.8 Å². The van der Waals surface area contributed by atoms with Gasteiger partial charge in [0.05, 0.1) is 11.5 Å². The van der Waals surface area contributed by atoms with E-state index in [1.54, 1.807) is 13.8 Å². The topological polar surface area (TPSA) is 110 Å². The van der Waals surface area contributed by atoms with Crippen molar-refractivity contribution in [3.05, 3.63) is 33.9 Å². The molecule has 2 amide bonds. The van der Waals surface area contributed by atoms with Gasteiger partial charge in [0.1, 0.15) is 5.54 Å². The SMILES string of the molecule is CC1(C)C(=O)NC(=O)CN1c1ccc([N+](=O)[O-])cc1C=O. The number of nitro groups is 1. The number of carbonyl (C=O) groups is 3. The Hall–Kier alpha value is -2.77. The van der Waals surface area contributed by atoms with Crippen LogP contribution >= 0.6 is 0 Å². The number of rotatable bonds is 3. The summed E-state index contributed by atoms with van der Waals surface area (Å²) < 4.78 is 0. The number of hydrogen-bond acceptors (Lipinski definition) is 6. The number of nitro benzene ring substituents is 1. The summed E-state index contributed by atoms with van der Waals surface area (Å²) in [5.74, 6) is -0.983. The van der Waals surface area contributed by atoms with Crippen molar-refractivity contribution in [1.29, 1.82) is 0 Å². The molecule has 2 rings (SSSR count). The molecule has 1 aromatic carbocycles. The van der Waals surface area contributed by atoms with Crippen LogP contribution in [0.1, 0.15) is 24.2 Å². The van der Waals surface area contributed by atoms with Gasteiger partial charge in [-0.15, -0.1) is 0 Å². The fourth-order valence-corrected chi connectivity index (χ4v) is 2.16. The molecule has 1 aromatic rings. The van der Waals surface area contributed by atoms with Crippen LogP contribution in [0.5, 0.6) is 0 Å². The first-order valence-corrected chi connectivity index (χ1v) is 6.13. The second kappa shape index (κ2) is 4.97. The molecule has 21 heavy (non-hydrogen) atoms. The van der Waals surface area contributed by atoms with E-state index in [0.29, 0.717) is 12.0 Å². The molecule has 8 nitrogen and oxygen atoms in total. The minimum Gasteiger partial charge on any atom is -0.347 e. The van der Waals surface area contributed by atoms with Crippen molar-refractivity contribution in [1.82, 2.24) is 5.32 Å². The third kappa shape index (κ3) is 2.47. The average molecular weight is 291 g/mol. The zero-order chi connectivity index (χ0) is 15.8. The first kappa shape index (κ1) is 14.6. The van der Waals surface area contributed by atoms with E-state index >= 15 is 0 Å². The largest absolute Gasteiger partial charge is 0.347 e. The normalized spacial score (nSPS) is 17.3. The number of imide groups is 1. The van der Waals surface area contributed by atoms with Gasteiger partial charge >= 0.3 is 0 Å². The van der Waals surface area contributed by atoms with Crippen LogP contribution < -0.4 is 10.2 Å². The number of benzene rings is 1. The first-order valence-electron chi connectivity index (χ1n) is 6.13. The predicted molar refractivity (Wildman–Crippen MR) is 73.1 cm³/mol. The third-order valence-electron chi connectivity index (χ3n) is 3.42. The van der Waals surface area contributed by atoms with Crippen LogP contribution in [-0.4, -0.2) is 35.1 Å². The van der Waals surface area contributed by atoms with Crippen LogP contribution in [0.2, 0.25) is 0 Å². The second-order valence-electron chi connectivity index (χ2n) is 5.14. The van der Waals surface area contributed by atoms with Crippen molar-refractivity contribution in [2.45, 2.75) is 19.4 Å². The molecule has 1 N–H and O–H groups in total. The maximum Gasteiger partial charge on any atom is 0.270 e. The molecule has 0 bridgehead atoms.